The summed E-state index contributed by atoms with van der Waals surface area (Å²) in [6.45, 7) is 0. The summed E-state index contributed by atoms with van der Waals surface area (Å²) >= 11 is 3.74. The van der Waals surface area contributed by atoms with Crippen LogP contribution in [0.25, 0.3) is 0 Å². The molecule has 2 aliphatic rings. The van der Waals surface area contributed by atoms with Crippen molar-refractivity contribution >= 4 is 46.3 Å². The summed E-state index contributed by atoms with van der Waals surface area (Å²) in [5, 5.41) is 0.125. The summed E-state index contributed by atoms with van der Waals surface area (Å²) in [5.41, 5.74) is 6.31. The van der Waals surface area contributed by atoms with Crippen molar-refractivity contribution in [3.8, 4) is 11.5 Å². The van der Waals surface area contributed by atoms with Gasteiger partial charge in [-0.2, -0.15) is 0 Å². The lowest BCUT2D eigenvalue weighted by atomic mass is 9.98. The third-order valence-corrected chi connectivity index (χ3v) is 9.18. The van der Waals surface area contributed by atoms with Crippen molar-refractivity contribution in [2.45, 2.75) is 20.3 Å². The number of rotatable bonds is 5. The van der Waals surface area contributed by atoms with Gasteiger partial charge in [-0.1, -0.05) is 24.3 Å². The predicted octanol–water partition coefficient (Wildman–Crippen LogP) is 7.59. The SMILES string of the molecule is COc1ccc(C2=Nc3ccccc3SC2C2Sc3ccccc3N=C2c2ccc(OC)cc2)cc1. The average Bonchev–Trinajstić information content (AvgIpc) is 2.96. The highest BCUT2D eigenvalue weighted by molar-refractivity contribution is 8.05. The first-order chi connectivity index (χ1) is 17.7. The number of ether oxygens (including phenoxy) is 2. The Bertz CT molecular complexity index is 1350. The van der Waals surface area contributed by atoms with Gasteiger partial charge in [-0.15, -0.1) is 23.5 Å². The maximum absolute atomic E-state index is 5.41. The van der Waals surface area contributed by atoms with Crippen LogP contribution in [0.2, 0.25) is 0 Å². The number of hydrogen-bond donors (Lipinski definition) is 0. The summed E-state index contributed by atoms with van der Waals surface area (Å²) in [6, 6.07) is 33.2. The van der Waals surface area contributed by atoms with E-state index in [4.69, 9.17) is 19.5 Å². The van der Waals surface area contributed by atoms with Gasteiger partial charge in [0.1, 0.15) is 11.5 Å². The van der Waals surface area contributed by atoms with E-state index in [-0.39, 0.29) is 10.5 Å². The highest BCUT2D eigenvalue weighted by atomic mass is 32.2. The molecular formula is C30H24N2O2S2. The van der Waals surface area contributed by atoms with Crippen molar-refractivity contribution in [3.05, 3.63) is 108 Å². The van der Waals surface area contributed by atoms with Gasteiger partial charge in [0, 0.05) is 9.79 Å². The molecule has 2 aliphatic heterocycles. The molecule has 6 heteroatoms. The number of fused-ring (bicyclic) bond motifs is 2. The van der Waals surface area contributed by atoms with Gasteiger partial charge in [-0.05, 0) is 83.9 Å². The standard InChI is InChI=1S/C30H24N2O2S2/c1-33-21-15-11-19(12-16-21)27-29(35-25-9-5-3-7-23(25)31-27)30-28(20-13-17-22(34-2)18-14-20)32-24-8-4-6-10-26(24)36-30/h3-18,29-30H,1-2H3. The van der Waals surface area contributed by atoms with Gasteiger partial charge >= 0.3 is 0 Å². The van der Waals surface area contributed by atoms with Crippen molar-refractivity contribution in [3.63, 3.8) is 0 Å². The number of thioether (sulfide) groups is 2. The molecule has 0 amide bonds. The second kappa shape index (κ2) is 9.88. The third-order valence-electron chi connectivity index (χ3n) is 6.31. The average molecular weight is 509 g/mol. The Kier molecular flexibility index (Phi) is 6.30. The van der Waals surface area contributed by atoms with E-state index in [1.807, 2.05) is 59.9 Å². The predicted molar refractivity (Wildman–Crippen MR) is 151 cm³/mol. The smallest absolute Gasteiger partial charge is 0.118 e. The molecule has 2 atom stereocenters. The fourth-order valence-corrected chi connectivity index (χ4v) is 7.23. The highest BCUT2D eigenvalue weighted by Crippen LogP contribution is 2.48. The summed E-state index contributed by atoms with van der Waals surface area (Å²) in [5.74, 6) is 1.67. The molecule has 4 nitrogen and oxygen atoms in total. The lowest BCUT2D eigenvalue weighted by Crippen LogP contribution is -2.38. The van der Waals surface area contributed by atoms with Crippen LogP contribution < -0.4 is 9.47 Å². The largest absolute Gasteiger partial charge is 0.497 e. The van der Waals surface area contributed by atoms with Crippen LogP contribution in [0.1, 0.15) is 11.1 Å². The number of aliphatic imine (C=N–C) groups is 2. The topological polar surface area (TPSA) is 43.2 Å². The fourth-order valence-electron chi connectivity index (χ4n) is 4.46. The summed E-state index contributed by atoms with van der Waals surface area (Å²) < 4.78 is 10.8. The number of para-hydroxylation sites is 2. The zero-order chi connectivity index (χ0) is 24.5. The van der Waals surface area contributed by atoms with Crippen molar-refractivity contribution in [2.24, 2.45) is 9.98 Å². The molecule has 4 aromatic rings. The lowest BCUT2D eigenvalue weighted by Gasteiger charge is -2.34. The molecule has 0 saturated heterocycles. The van der Waals surface area contributed by atoms with E-state index in [1.165, 1.54) is 9.79 Å². The zero-order valence-corrected chi connectivity index (χ0v) is 21.6. The van der Waals surface area contributed by atoms with Crippen molar-refractivity contribution in [1.29, 1.82) is 0 Å². The maximum Gasteiger partial charge on any atom is 0.118 e. The van der Waals surface area contributed by atoms with Gasteiger partial charge in [0.25, 0.3) is 0 Å². The Morgan fingerprint density at radius 3 is 1.31 bits per heavy atom. The molecule has 0 saturated carbocycles. The van der Waals surface area contributed by atoms with E-state index < -0.39 is 0 Å². The van der Waals surface area contributed by atoms with E-state index in [1.54, 1.807) is 14.2 Å². The molecule has 178 valence electrons. The summed E-state index contributed by atoms with van der Waals surface area (Å²) in [4.78, 5) is 12.8. The Hall–Kier alpha value is -3.48. The minimum absolute atomic E-state index is 0.0625. The minimum atomic E-state index is 0.0625. The van der Waals surface area contributed by atoms with Crippen LogP contribution in [0, 0.1) is 0 Å². The number of benzene rings is 4. The molecule has 0 spiro atoms. The van der Waals surface area contributed by atoms with Gasteiger partial charge in [-0.3, -0.25) is 9.98 Å². The maximum atomic E-state index is 5.41. The van der Waals surface area contributed by atoms with Crippen LogP contribution in [0.3, 0.4) is 0 Å². The second-order valence-corrected chi connectivity index (χ2v) is 10.8. The van der Waals surface area contributed by atoms with Crippen LogP contribution in [-0.2, 0) is 0 Å². The van der Waals surface area contributed by atoms with Gasteiger partial charge in [0.2, 0.25) is 0 Å². The van der Waals surface area contributed by atoms with Gasteiger partial charge in [-0.25, -0.2) is 0 Å². The molecule has 0 aromatic heterocycles. The molecular weight excluding hydrogens is 484 g/mol. The number of hydrogen-bond acceptors (Lipinski definition) is 6. The Morgan fingerprint density at radius 2 is 0.917 bits per heavy atom. The van der Waals surface area contributed by atoms with Crippen LogP contribution in [-0.4, -0.2) is 36.1 Å². The molecule has 6 rings (SSSR count). The van der Waals surface area contributed by atoms with Crippen LogP contribution in [0.5, 0.6) is 11.5 Å². The Labute approximate surface area is 219 Å². The monoisotopic (exact) mass is 508 g/mol. The van der Waals surface area contributed by atoms with Gasteiger partial charge in [0.05, 0.1) is 47.5 Å². The van der Waals surface area contributed by atoms with Crippen LogP contribution in [0.15, 0.2) is 117 Å². The molecule has 0 N–H and O–H groups in total. The van der Waals surface area contributed by atoms with Gasteiger partial charge in [0.15, 0.2) is 0 Å². The molecule has 0 fully saturated rings. The van der Waals surface area contributed by atoms with Gasteiger partial charge < -0.3 is 9.47 Å². The summed E-state index contributed by atoms with van der Waals surface area (Å²) in [7, 11) is 3.38. The zero-order valence-electron chi connectivity index (χ0n) is 19.9. The normalized spacial score (nSPS) is 18.4. The molecule has 4 aromatic carbocycles. The first-order valence-electron chi connectivity index (χ1n) is 11.7. The van der Waals surface area contributed by atoms with E-state index in [0.717, 1.165) is 45.4 Å². The lowest BCUT2D eigenvalue weighted by molar-refractivity contribution is 0.414. The molecule has 36 heavy (non-hydrogen) atoms. The molecule has 0 bridgehead atoms. The Balaban J connectivity index is 1.49. The molecule has 2 unspecified atom stereocenters. The molecule has 0 aliphatic carbocycles. The summed E-state index contributed by atoms with van der Waals surface area (Å²) in [6.07, 6.45) is 0. The van der Waals surface area contributed by atoms with Crippen LogP contribution in [0.4, 0.5) is 11.4 Å². The van der Waals surface area contributed by atoms with E-state index in [0.29, 0.717) is 0 Å². The molecule has 0 radical (unpaired) electrons. The number of nitrogens with zero attached hydrogens (tertiary/aromatic N) is 2. The molecule has 2 heterocycles. The minimum Gasteiger partial charge on any atom is -0.497 e. The highest BCUT2D eigenvalue weighted by Gasteiger charge is 2.38. The Morgan fingerprint density at radius 1 is 0.528 bits per heavy atom. The third kappa shape index (κ3) is 4.31. The van der Waals surface area contributed by atoms with E-state index in [2.05, 4.69) is 60.7 Å². The fraction of sp³-hybridized carbons (Fsp3) is 0.133. The first-order valence-corrected chi connectivity index (χ1v) is 13.5. The second-order valence-electron chi connectivity index (χ2n) is 8.46. The quantitative estimate of drug-likeness (QED) is 0.278. The number of methoxy groups -OCH3 is 2. The van der Waals surface area contributed by atoms with Crippen molar-refractivity contribution in [2.75, 3.05) is 14.2 Å². The van der Waals surface area contributed by atoms with E-state index in [9.17, 15) is 0 Å². The van der Waals surface area contributed by atoms with Crippen LogP contribution >= 0.6 is 23.5 Å². The van der Waals surface area contributed by atoms with E-state index >= 15 is 0 Å². The van der Waals surface area contributed by atoms with Crippen molar-refractivity contribution < 1.29 is 9.47 Å². The first kappa shape index (κ1) is 23.0. The van der Waals surface area contributed by atoms with Crippen molar-refractivity contribution in [1.82, 2.24) is 0 Å².